The lowest BCUT2D eigenvalue weighted by Gasteiger charge is -2.07. The normalized spacial score (nSPS) is 13.0. The maximum absolute atomic E-state index is 12.9. The van der Waals surface area contributed by atoms with Crippen molar-refractivity contribution in [2.45, 2.75) is 12.8 Å². The van der Waals surface area contributed by atoms with Crippen LogP contribution in [-0.2, 0) is 4.79 Å². The summed E-state index contributed by atoms with van der Waals surface area (Å²) in [6.45, 7) is 0.766. The number of methoxy groups -OCH3 is 1. The topological polar surface area (TPSA) is 85.2 Å². The Morgan fingerprint density at radius 1 is 1.03 bits per heavy atom. The van der Waals surface area contributed by atoms with Gasteiger partial charge in [0.25, 0.3) is 5.91 Å². The van der Waals surface area contributed by atoms with Crippen molar-refractivity contribution in [3.63, 3.8) is 0 Å². The molecule has 7 heteroatoms. The lowest BCUT2D eigenvalue weighted by atomic mass is 10.1. The molecule has 2 N–H and O–H groups in total. The van der Waals surface area contributed by atoms with Gasteiger partial charge in [-0.05, 0) is 49.2 Å². The molecule has 1 aromatic heterocycles. The summed E-state index contributed by atoms with van der Waals surface area (Å²) in [6, 6.07) is 17.1. The summed E-state index contributed by atoms with van der Waals surface area (Å²) >= 11 is 0. The Morgan fingerprint density at radius 3 is 2.40 bits per heavy atom. The van der Waals surface area contributed by atoms with E-state index in [4.69, 9.17) is 4.74 Å². The predicted molar refractivity (Wildman–Crippen MR) is 114 cm³/mol. The van der Waals surface area contributed by atoms with Crippen LogP contribution in [0.1, 0.15) is 23.2 Å². The second-order valence-corrected chi connectivity index (χ2v) is 7.22. The average Bonchev–Trinajstić information content (AvgIpc) is 3.55. The highest BCUT2D eigenvalue weighted by Gasteiger charge is 2.29. The van der Waals surface area contributed by atoms with Gasteiger partial charge in [-0.2, -0.15) is 5.10 Å². The van der Waals surface area contributed by atoms with Crippen LogP contribution in [0.4, 0.5) is 0 Å². The van der Waals surface area contributed by atoms with Crippen LogP contribution in [0.2, 0.25) is 0 Å². The standard InChI is InChI=1S/C23H24N4O3/c1-30-19-11-9-16(10-12-19)21-20(15-27(26-21)18-5-3-2-4-6-18)23(29)25-14-13-24-22(28)17-7-8-17/h2-6,9-12,15,17H,7-8,13-14H2,1H3,(H,24,28)(H,25,29). The van der Waals surface area contributed by atoms with E-state index in [1.807, 2.05) is 54.6 Å². The van der Waals surface area contributed by atoms with Gasteiger partial charge in [0.2, 0.25) is 5.91 Å². The number of carbonyl (C=O) groups excluding carboxylic acids is 2. The van der Waals surface area contributed by atoms with E-state index >= 15 is 0 Å². The summed E-state index contributed by atoms with van der Waals surface area (Å²) < 4.78 is 6.92. The Morgan fingerprint density at radius 2 is 1.73 bits per heavy atom. The van der Waals surface area contributed by atoms with E-state index in [1.165, 1.54) is 0 Å². The Bertz CT molecular complexity index is 1020. The van der Waals surface area contributed by atoms with Crippen LogP contribution in [0.15, 0.2) is 60.8 Å². The largest absolute Gasteiger partial charge is 0.497 e. The summed E-state index contributed by atoms with van der Waals surface area (Å²) in [5, 5.41) is 10.4. The van der Waals surface area contributed by atoms with Gasteiger partial charge in [-0.15, -0.1) is 0 Å². The van der Waals surface area contributed by atoms with Crippen LogP contribution in [0.3, 0.4) is 0 Å². The Balaban J connectivity index is 1.53. The minimum atomic E-state index is -0.233. The van der Waals surface area contributed by atoms with Gasteiger partial charge in [0.05, 0.1) is 18.4 Å². The molecule has 0 saturated heterocycles. The first-order chi connectivity index (χ1) is 14.7. The minimum absolute atomic E-state index is 0.0695. The highest BCUT2D eigenvalue weighted by molar-refractivity contribution is 6.00. The summed E-state index contributed by atoms with van der Waals surface area (Å²) in [5.74, 6) is 0.730. The van der Waals surface area contributed by atoms with Gasteiger partial charge in [0, 0.05) is 30.8 Å². The van der Waals surface area contributed by atoms with Crippen molar-refractivity contribution in [3.05, 3.63) is 66.4 Å². The van der Waals surface area contributed by atoms with E-state index in [0.717, 1.165) is 29.8 Å². The van der Waals surface area contributed by atoms with Gasteiger partial charge in [0.15, 0.2) is 0 Å². The van der Waals surface area contributed by atoms with Crippen molar-refractivity contribution >= 4 is 11.8 Å². The fraction of sp³-hybridized carbons (Fsp3) is 0.261. The van der Waals surface area contributed by atoms with Crippen LogP contribution in [0.25, 0.3) is 16.9 Å². The van der Waals surface area contributed by atoms with Gasteiger partial charge in [-0.1, -0.05) is 18.2 Å². The molecule has 2 amide bonds. The number of nitrogens with zero attached hydrogens (tertiary/aromatic N) is 2. The first-order valence-corrected chi connectivity index (χ1v) is 10.0. The summed E-state index contributed by atoms with van der Waals surface area (Å²) in [4.78, 5) is 24.6. The van der Waals surface area contributed by atoms with E-state index in [-0.39, 0.29) is 17.7 Å². The van der Waals surface area contributed by atoms with Gasteiger partial charge in [0.1, 0.15) is 11.4 Å². The molecule has 0 aliphatic heterocycles. The summed E-state index contributed by atoms with van der Waals surface area (Å²) in [6.07, 6.45) is 3.65. The lowest BCUT2D eigenvalue weighted by molar-refractivity contribution is -0.122. The molecule has 30 heavy (non-hydrogen) atoms. The van der Waals surface area contributed by atoms with E-state index in [1.54, 1.807) is 18.0 Å². The number of hydrogen-bond donors (Lipinski definition) is 2. The molecule has 4 rings (SSSR count). The molecule has 1 fully saturated rings. The zero-order chi connectivity index (χ0) is 20.9. The Hall–Kier alpha value is -3.61. The molecule has 0 unspecified atom stereocenters. The maximum atomic E-state index is 12.9. The predicted octanol–water partition coefficient (Wildman–Crippen LogP) is 2.80. The van der Waals surface area contributed by atoms with Gasteiger partial charge in [-0.25, -0.2) is 4.68 Å². The molecule has 1 aliphatic rings. The quantitative estimate of drug-likeness (QED) is 0.566. The molecule has 3 aromatic rings. The van der Waals surface area contributed by atoms with Crippen LogP contribution in [-0.4, -0.2) is 41.8 Å². The fourth-order valence-corrected chi connectivity index (χ4v) is 3.16. The van der Waals surface area contributed by atoms with Gasteiger partial charge >= 0.3 is 0 Å². The number of amides is 2. The lowest BCUT2D eigenvalue weighted by Crippen LogP contribution is -2.35. The number of nitrogens with one attached hydrogen (secondary N) is 2. The Labute approximate surface area is 175 Å². The number of aromatic nitrogens is 2. The SMILES string of the molecule is COc1ccc(-c2nn(-c3ccccc3)cc2C(=O)NCCNC(=O)C2CC2)cc1. The number of ether oxygens (including phenoxy) is 1. The minimum Gasteiger partial charge on any atom is -0.497 e. The second kappa shape index (κ2) is 8.82. The molecule has 1 heterocycles. The molecule has 2 aromatic carbocycles. The molecule has 0 radical (unpaired) electrons. The van der Waals surface area contributed by atoms with Crippen LogP contribution in [0, 0.1) is 5.92 Å². The molecule has 0 spiro atoms. The zero-order valence-electron chi connectivity index (χ0n) is 16.8. The Kier molecular flexibility index (Phi) is 5.79. The molecule has 1 saturated carbocycles. The third-order valence-electron chi connectivity index (χ3n) is 5.00. The third-order valence-corrected chi connectivity index (χ3v) is 5.00. The van der Waals surface area contributed by atoms with Crippen molar-refractivity contribution in [3.8, 4) is 22.7 Å². The third kappa shape index (κ3) is 4.51. The van der Waals surface area contributed by atoms with E-state index < -0.39 is 0 Å². The number of hydrogen-bond acceptors (Lipinski definition) is 4. The van der Waals surface area contributed by atoms with E-state index in [0.29, 0.717) is 24.3 Å². The van der Waals surface area contributed by atoms with Crippen molar-refractivity contribution < 1.29 is 14.3 Å². The van der Waals surface area contributed by atoms with Crippen molar-refractivity contribution in [2.75, 3.05) is 20.2 Å². The molecular formula is C23H24N4O3. The van der Waals surface area contributed by atoms with E-state index in [9.17, 15) is 9.59 Å². The first kappa shape index (κ1) is 19.7. The van der Waals surface area contributed by atoms with Crippen molar-refractivity contribution in [1.82, 2.24) is 20.4 Å². The summed E-state index contributed by atoms with van der Waals surface area (Å²) in [7, 11) is 1.61. The first-order valence-electron chi connectivity index (χ1n) is 10.0. The maximum Gasteiger partial charge on any atom is 0.255 e. The fourth-order valence-electron chi connectivity index (χ4n) is 3.16. The zero-order valence-corrected chi connectivity index (χ0v) is 16.8. The number of benzene rings is 2. The van der Waals surface area contributed by atoms with Gasteiger partial charge in [-0.3, -0.25) is 9.59 Å². The summed E-state index contributed by atoms with van der Waals surface area (Å²) in [5.41, 5.74) is 2.74. The molecule has 7 nitrogen and oxygen atoms in total. The van der Waals surface area contributed by atoms with Crippen molar-refractivity contribution in [2.24, 2.45) is 5.92 Å². The average molecular weight is 404 g/mol. The molecule has 0 atom stereocenters. The monoisotopic (exact) mass is 404 g/mol. The number of carbonyl (C=O) groups is 2. The highest BCUT2D eigenvalue weighted by Crippen LogP contribution is 2.28. The number of rotatable bonds is 8. The molecule has 0 bridgehead atoms. The van der Waals surface area contributed by atoms with Crippen LogP contribution in [0.5, 0.6) is 5.75 Å². The van der Waals surface area contributed by atoms with Crippen LogP contribution >= 0.6 is 0 Å². The molecule has 154 valence electrons. The smallest absolute Gasteiger partial charge is 0.255 e. The van der Waals surface area contributed by atoms with E-state index in [2.05, 4.69) is 15.7 Å². The van der Waals surface area contributed by atoms with Crippen LogP contribution < -0.4 is 15.4 Å². The highest BCUT2D eigenvalue weighted by atomic mass is 16.5. The number of para-hydroxylation sites is 1. The second-order valence-electron chi connectivity index (χ2n) is 7.22. The molecule has 1 aliphatic carbocycles. The van der Waals surface area contributed by atoms with Gasteiger partial charge < -0.3 is 15.4 Å². The van der Waals surface area contributed by atoms with Crippen molar-refractivity contribution in [1.29, 1.82) is 0 Å². The molecular weight excluding hydrogens is 380 g/mol.